The molecule has 1 aromatic carbocycles. The first-order valence-corrected chi connectivity index (χ1v) is 8.44. The second-order valence-electron chi connectivity index (χ2n) is 5.87. The third-order valence-corrected chi connectivity index (χ3v) is 4.13. The molecule has 0 unspecified atom stereocenters. The number of methoxy groups -OCH3 is 1. The van der Waals surface area contributed by atoms with Gasteiger partial charge in [-0.3, -0.25) is 0 Å². The molecule has 7 nitrogen and oxygen atoms in total. The van der Waals surface area contributed by atoms with E-state index in [-0.39, 0.29) is 5.82 Å². The Hall–Kier alpha value is -2.48. The molecule has 1 fully saturated rings. The van der Waals surface area contributed by atoms with E-state index in [9.17, 15) is 4.39 Å². The Morgan fingerprint density at radius 3 is 2.56 bits per heavy atom. The van der Waals surface area contributed by atoms with E-state index in [2.05, 4.69) is 30.3 Å². The topological polar surface area (TPSA) is 66.4 Å². The van der Waals surface area contributed by atoms with Crippen LogP contribution in [0.15, 0.2) is 30.5 Å². The lowest BCUT2D eigenvalue weighted by molar-refractivity contribution is 0.197. The Balaban J connectivity index is 1.54. The van der Waals surface area contributed by atoms with Gasteiger partial charge in [-0.1, -0.05) is 0 Å². The van der Waals surface area contributed by atoms with Crippen molar-refractivity contribution in [3.63, 3.8) is 0 Å². The van der Waals surface area contributed by atoms with Crippen LogP contribution in [-0.2, 0) is 4.74 Å². The quantitative estimate of drug-likeness (QED) is 0.767. The molecule has 0 aliphatic carbocycles. The maximum Gasteiger partial charge on any atom is 0.247 e. The van der Waals surface area contributed by atoms with Crippen molar-refractivity contribution in [2.45, 2.75) is 6.42 Å². The lowest BCUT2D eigenvalue weighted by Crippen LogP contribution is -2.47. The molecule has 1 aliphatic heterocycles. The number of aromatic nitrogens is 3. The molecule has 0 bridgehead atoms. The molecule has 134 valence electrons. The summed E-state index contributed by atoms with van der Waals surface area (Å²) in [6, 6.07) is 6.61. The van der Waals surface area contributed by atoms with E-state index >= 15 is 0 Å². The summed E-state index contributed by atoms with van der Waals surface area (Å²) in [5.41, 5.74) is 1.04. The molecule has 2 aromatic rings. The van der Waals surface area contributed by atoms with Gasteiger partial charge in [0.2, 0.25) is 5.95 Å². The van der Waals surface area contributed by atoms with Gasteiger partial charge in [0, 0.05) is 52.1 Å². The van der Waals surface area contributed by atoms with E-state index in [4.69, 9.17) is 4.74 Å². The third-order valence-electron chi connectivity index (χ3n) is 4.13. The van der Waals surface area contributed by atoms with E-state index in [1.807, 2.05) is 12.1 Å². The zero-order chi connectivity index (χ0) is 17.5. The van der Waals surface area contributed by atoms with Gasteiger partial charge in [-0.25, -0.2) is 4.39 Å². The first kappa shape index (κ1) is 17.3. The zero-order valence-corrected chi connectivity index (χ0v) is 14.4. The smallest absolute Gasteiger partial charge is 0.247 e. The molecule has 2 heterocycles. The number of anilines is 3. The van der Waals surface area contributed by atoms with Crippen LogP contribution in [-0.4, -0.2) is 61.6 Å². The lowest BCUT2D eigenvalue weighted by atomic mass is 10.2. The number of hydrogen-bond acceptors (Lipinski definition) is 7. The third kappa shape index (κ3) is 4.76. The van der Waals surface area contributed by atoms with E-state index < -0.39 is 0 Å². The van der Waals surface area contributed by atoms with Gasteiger partial charge < -0.3 is 19.9 Å². The summed E-state index contributed by atoms with van der Waals surface area (Å²) in [6.45, 7) is 4.76. The van der Waals surface area contributed by atoms with Crippen molar-refractivity contribution in [2.24, 2.45) is 0 Å². The van der Waals surface area contributed by atoms with Crippen molar-refractivity contribution >= 4 is 17.5 Å². The number of halogens is 1. The van der Waals surface area contributed by atoms with Crippen LogP contribution in [0.4, 0.5) is 21.8 Å². The molecular weight excluding hydrogens is 323 g/mol. The Bertz CT molecular complexity index is 660. The van der Waals surface area contributed by atoms with Gasteiger partial charge in [0.25, 0.3) is 0 Å². The fourth-order valence-electron chi connectivity index (χ4n) is 2.76. The molecule has 1 aromatic heterocycles. The molecule has 0 spiro atoms. The van der Waals surface area contributed by atoms with Crippen LogP contribution >= 0.6 is 0 Å². The predicted molar refractivity (Wildman–Crippen MR) is 95.6 cm³/mol. The highest BCUT2D eigenvalue weighted by atomic mass is 19.1. The van der Waals surface area contributed by atoms with Crippen molar-refractivity contribution in [1.29, 1.82) is 0 Å². The number of ether oxygens (including phenoxy) is 1. The molecule has 25 heavy (non-hydrogen) atoms. The van der Waals surface area contributed by atoms with Crippen LogP contribution in [0.2, 0.25) is 0 Å². The van der Waals surface area contributed by atoms with E-state index in [0.29, 0.717) is 12.6 Å². The molecule has 8 heteroatoms. The van der Waals surface area contributed by atoms with Crippen LogP contribution in [0.25, 0.3) is 0 Å². The van der Waals surface area contributed by atoms with Crippen molar-refractivity contribution in [3.05, 3.63) is 36.3 Å². The summed E-state index contributed by atoms with van der Waals surface area (Å²) < 4.78 is 18.1. The molecule has 0 amide bonds. The normalized spacial score (nSPS) is 14.6. The lowest BCUT2D eigenvalue weighted by Gasteiger charge is -2.35. The largest absolute Gasteiger partial charge is 0.385 e. The second-order valence-corrected chi connectivity index (χ2v) is 5.87. The molecule has 1 N–H and O–H groups in total. The molecule has 1 aliphatic rings. The average molecular weight is 346 g/mol. The summed E-state index contributed by atoms with van der Waals surface area (Å²) in [7, 11) is 1.69. The second kappa shape index (κ2) is 8.57. The summed E-state index contributed by atoms with van der Waals surface area (Å²) in [5.74, 6) is 1.15. The van der Waals surface area contributed by atoms with Crippen LogP contribution in [0.3, 0.4) is 0 Å². The molecule has 0 radical (unpaired) electrons. The maximum absolute atomic E-state index is 13.0. The van der Waals surface area contributed by atoms with Gasteiger partial charge in [0.15, 0.2) is 5.82 Å². The van der Waals surface area contributed by atoms with Gasteiger partial charge in [-0.15, -0.1) is 5.10 Å². The Labute approximate surface area is 146 Å². The van der Waals surface area contributed by atoms with Gasteiger partial charge in [-0.05, 0) is 30.7 Å². The molecule has 0 atom stereocenters. The van der Waals surface area contributed by atoms with Crippen molar-refractivity contribution in [1.82, 2.24) is 15.2 Å². The summed E-state index contributed by atoms with van der Waals surface area (Å²) >= 11 is 0. The highest BCUT2D eigenvalue weighted by Gasteiger charge is 2.19. The SMILES string of the molecule is COCCCNc1cnnc(N2CCN(c3ccc(F)cc3)CC2)n1. The summed E-state index contributed by atoms with van der Waals surface area (Å²) in [6.07, 6.45) is 2.54. The molecule has 0 saturated carbocycles. The molecule has 3 rings (SSSR count). The van der Waals surface area contributed by atoms with Crippen molar-refractivity contribution in [3.8, 4) is 0 Å². The fraction of sp³-hybridized carbons (Fsp3) is 0.471. The summed E-state index contributed by atoms with van der Waals surface area (Å²) in [5, 5.41) is 11.4. The van der Waals surface area contributed by atoms with E-state index in [1.54, 1.807) is 13.3 Å². The Morgan fingerprint density at radius 1 is 1.12 bits per heavy atom. The number of nitrogens with zero attached hydrogens (tertiary/aromatic N) is 5. The average Bonchev–Trinajstić information content (AvgIpc) is 2.66. The van der Waals surface area contributed by atoms with Crippen molar-refractivity contribution < 1.29 is 9.13 Å². The van der Waals surface area contributed by atoms with E-state index in [0.717, 1.165) is 50.6 Å². The number of nitrogens with one attached hydrogen (secondary N) is 1. The van der Waals surface area contributed by atoms with Gasteiger partial charge >= 0.3 is 0 Å². The minimum Gasteiger partial charge on any atom is -0.385 e. The minimum absolute atomic E-state index is 0.211. The standard InChI is InChI=1S/C17H23FN6O/c1-25-12-2-7-19-16-13-20-22-17(21-16)24-10-8-23(9-11-24)15-5-3-14(18)4-6-15/h3-6,13H,2,7-12H2,1H3,(H,19,21,22). The van der Waals surface area contributed by atoms with Crippen LogP contribution in [0, 0.1) is 5.82 Å². The first-order chi connectivity index (χ1) is 12.3. The van der Waals surface area contributed by atoms with Gasteiger partial charge in [-0.2, -0.15) is 10.1 Å². The minimum atomic E-state index is -0.211. The fourth-order valence-corrected chi connectivity index (χ4v) is 2.76. The summed E-state index contributed by atoms with van der Waals surface area (Å²) in [4.78, 5) is 8.89. The number of rotatable bonds is 7. The monoisotopic (exact) mass is 346 g/mol. The van der Waals surface area contributed by atoms with Gasteiger partial charge in [0.1, 0.15) is 5.82 Å². The zero-order valence-electron chi connectivity index (χ0n) is 14.4. The van der Waals surface area contributed by atoms with Crippen LogP contribution in [0.5, 0.6) is 0 Å². The highest BCUT2D eigenvalue weighted by molar-refractivity contribution is 5.48. The molecule has 1 saturated heterocycles. The van der Waals surface area contributed by atoms with Crippen LogP contribution in [0.1, 0.15) is 6.42 Å². The Morgan fingerprint density at radius 2 is 1.84 bits per heavy atom. The number of piperazine rings is 1. The predicted octanol–water partition coefficient (Wildman–Crippen LogP) is 1.79. The highest BCUT2D eigenvalue weighted by Crippen LogP contribution is 2.19. The van der Waals surface area contributed by atoms with Crippen LogP contribution < -0.4 is 15.1 Å². The maximum atomic E-state index is 13.0. The van der Waals surface area contributed by atoms with E-state index in [1.165, 1.54) is 12.1 Å². The number of benzene rings is 1. The first-order valence-electron chi connectivity index (χ1n) is 8.44. The number of hydrogen-bond donors (Lipinski definition) is 1. The van der Waals surface area contributed by atoms with Gasteiger partial charge in [0.05, 0.1) is 6.20 Å². The van der Waals surface area contributed by atoms with Crippen molar-refractivity contribution in [2.75, 3.05) is 61.6 Å². The Kier molecular flexibility index (Phi) is 5.95. The molecular formula is C17H23FN6O.